The summed E-state index contributed by atoms with van der Waals surface area (Å²) in [4.78, 5) is 0. The Balaban J connectivity index is 2.79. The lowest BCUT2D eigenvalue weighted by Gasteiger charge is -1.90. The van der Waals surface area contributed by atoms with Crippen LogP contribution < -0.4 is 0 Å². The minimum absolute atomic E-state index is 0.792. The molecule has 0 N–H and O–H groups in total. The molecule has 0 saturated carbocycles. The third-order valence-corrected chi connectivity index (χ3v) is 0.933. The van der Waals surface area contributed by atoms with E-state index in [2.05, 4.69) is 14.9 Å². The summed E-state index contributed by atoms with van der Waals surface area (Å²) in [5.74, 6) is 0.792. The maximum absolute atomic E-state index is 4.60. The zero-order valence-electron chi connectivity index (χ0n) is 3.46. The van der Waals surface area contributed by atoms with Crippen LogP contribution in [0.3, 0.4) is 0 Å². The van der Waals surface area contributed by atoms with Gasteiger partial charge in [0.1, 0.15) is 5.69 Å². The van der Waals surface area contributed by atoms with Crippen molar-refractivity contribution in [2.75, 3.05) is 0 Å². The summed E-state index contributed by atoms with van der Waals surface area (Å²) in [6.07, 6.45) is 3.68. The first-order valence-electron chi connectivity index (χ1n) is 1.97. The van der Waals surface area contributed by atoms with Crippen LogP contribution in [0.5, 0.6) is 0 Å². The number of rotatable bonds is 0. The summed E-state index contributed by atoms with van der Waals surface area (Å²) in [6.45, 7) is 0. The zero-order chi connectivity index (χ0) is 4.69. The molecule has 0 radical (unpaired) electrons. The maximum atomic E-state index is 4.60. The van der Waals surface area contributed by atoms with Gasteiger partial charge in [-0.3, -0.25) is 0 Å². The molecule has 3 nitrogen and oxygen atoms in total. The Hall–Kier alpha value is -1.12. The molecule has 1 aliphatic carbocycles. The van der Waals surface area contributed by atoms with Gasteiger partial charge in [0.15, 0.2) is 5.76 Å². The fourth-order valence-electron chi connectivity index (χ4n) is 0.494. The van der Waals surface area contributed by atoms with Gasteiger partial charge in [-0.25, -0.2) is 0 Å². The number of fused-ring (bicyclic) bond motifs is 1. The van der Waals surface area contributed by atoms with E-state index in [1.807, 2.05) is 12.2 Å². The van der Waals surface area contributed by atoms with Gasteiger partial charge in [-0.1, -0.05) is 0 Å². The summed E-state index contributed by atoms with van der Waals surface area (Å²) in [5, 5.41) is 6.90. The van der Waals surface area contributed by atoms with Crippen molar-refractivity contribution in [2.24, 2.45) is 0 Å². The summed E-state index contributed by atoms with van der Waals surface area (Å²) >= 11 is 0. The van der Waals surface area contributed by atoms with Gasteiger partial charge in [0.2, 0.25) is 0 Å². The maximum Gasteiger partial charge on any atom is 0.187 e. The van der Waals surface area contributed by atoms with E-state index >= 15 is 0 Å². The molecule has 0 aliphatic heterocycles. The van der Waals surface area contributed by atoms with Crippen molar-refractivity contribution in [3.8, 4) is 0 Å². The van der Waals surface area contributed by atoms with Crippen LogP contribution >= 0.6 is 0 Å². The highest BCUT2D eigenvalue weighted by molar-refractivity contribution is 5.79. The van der Waals surface area contributed by atoms with Crippen LogP contribution in [0.15, 0.2) is 4.52 Å². The molecule has 1 aromatic rings. The van der Waals surface area contributed by atoms with Gasteiger partial charge in [0, 0.05) is 5.27 Å². The number of hydrogen-bond acceptors (Lipinski definition) is 3. The minimum atomic E-state index is 0.792. The first-order valence-corrected chi connectivity index (χ1v) is 1.97. The van der Waals surface area contributed by atoms with Crippen molar-refractivity contribution in [2.45, 2.75) is 0 Å². The molecule has 0 aromatic carbocycles. The fraction of sp³-hybridized carbons (Fsp3) is 0. The van der Waals surface area contributed by atoms with Crippen LogP contribution in [0.4, 0.5) is 0 Å². The van der Waals surface area contributed by atoms with Gasteiger partial charge < -0.3 is 4.52 Å². The second-order valence-corrected chi connectivity index (χ2v) is 1.36. The van der Waals surface area contributed by atoms with Crippen molar-refractivity contribution in [3.63, 3.8) is 0 Å². The van der Waals surface area contributed by atoms with Crippen molar-refractivity contribution in [1.82, 2.24) is 10.4 Å². The van der Waals surface area contributed by atoms with Gasteiger partial charge in [-0.15, -0.1) is 5.10 Å². The molecular weight excluding hydrogens is 92.1 g/mol. The van der Waals surface area contributed by atoms with Crippen LogP contribution in [-0.4, -0.2) is 10.4 Å². The normalized spacial score (nSPS) is 13.1. The summed E-state index contributed by atoms with van der Waals surface area (Å²) < 4.78 is 4.60. The number of aromatic nitrogens is 2. The van der Waals surface area contributed by atoms with Crippen molar-refractivity contribution in [1.29, 1.82) is 0 Å². The molecule has 0 unspecified atom stereocenters. The van der Waals surface area contributed by atoms with Gasteiger partial charge in [0.05, 0.1) is 0 Å². The molecule has 0 amide bonds. The average Bonchev–Trinajstić information content (AvgIpc) is 1.85. The second kappa shape index (κ2) is 0.753. The quantitative estimate of drug-likeness (QED) is 0.478. The molecule has 34 valence electrons. The van der Waals surface area contributed by atoms with Crippen LogP contribution in [0, 0.1) is 0 Å². The molecule has 0 bridgehead atoms. The Bertz CT molecular complexity index is 193. The summed E-state index contributed by atoms with van der Waals surface area (Å²) in [5.41, 5.74) is 0.861. The molecule has 0 atom stereocenters. The third-order valence-electron chi connectivity index (χ3n) is 0.933. The lowest BCUT2D eigenvalue weighted by Crippen LogP contribution is -1.82. The standard InChI is InChI=1S/C4H2N2O/c1-2-4-3(1)5-6-7-4/h1-2H. The van der Waals surface area contributed by atoms with Crippen LogP contribution in [0.25, 0.3) is 12.2 Å². The Kier molecular flexibility index (Phi) is 0.318. The molecule has 0 spiro atoms. The molecule has 1 aromatic heterocycles. The Morgan fingerprint density at radius 3 is 2.71 bits per heavy atom. The van der Waals surface area contributed by atoms with E-state index in [9.17, 15) is 0 Å². The van der Waals surface area contributed by atoms with Crippen molar-refractivity contribution < 1.29 is 4.52 Å². The highest BCUT2D eigenvalue weighted by Crippen LogP contribution is 2.18. The Morgan fingerprint density at radius 1 is 1.43 bits per heavy atom. The van der Waals surface area contributed by atoms with E-state index in [1.165, 1.54) is 0 Å². The molecule has 0 fully saturated rings. The van der Waals surface area contributed by atoms with E-state index < -0.39 is 0 Å². The van der Waals surface area contributed by atoms with Gasteiger partial charge in [-0.05, 0) is 12.2 Å². The summed E-state index contributed by atoms with van der Waals surface area (Å²) in [6, 6.07) is 0. The van der Waals surface area contributed by atoms with Gasteiger partial charge in [-0.2, -0.15) is 0 Å². The highest BCUT2D eigenvalue weighted by atomic mass is 16.5. The van der Waals surface area contributed by atoms with Crippen molar-refractivity contribution in [3.05, 3.63) is 11.5 Å². The topological polar surface area (TPSA) is 38.9 Å². The first-order chi connectivity index (χ1) is 3.47. The molecule has 3 heteroatoms. The Morgan fingerprint density at radius 2 is 2.43 bits per heavy atom. The third kappa shape index (κ3) is 0.210. The monoisotopic (exact) mass is 94.0 g/mol. The van der Waals surface area contributed by atoms with E-state index in [0.29, 0.717) is 0 Å². The summed E-state index contributed by atoms with van der Waals surface area (Å²) in [7, 11) is 0. The molecule has 1 heterocycles. The Labute approximate surface area is 39.6 Å². The SMILES string of the molecule is C1=Cc2onnc21. The predicted molar refractivity (Wildman–Crippen MR) is 23.2 cm³/mol. The van der Waals surface area contributed by atoms with E-state index in [-0.39, 0.29) is 0 Å². The van der Waals surface area contributed by atoms with Crippen LogP contribution in [0.2, 0.25) is 0 Å². The minimum Gasteiger partial charge on any atom is -0.337 e. The number of nitrogens with zero attached hydrogens (tertiary/aromatic N) is 2. The molecule has 2 rings (SSSR count). The van der Waals surface area contributed by atoms with E-state index in [4.69, 9.17) is 0 Å². The fourth-order valence-corrected chi connectivity index (χ4v) is 0.494. The van der Waals surface area contributed by atoms with E-state index in [1.54, 1.807) is 0 Å². The highest BCUT2D eigenvalue weighted by Gasteiger charge is 2.09. The zero-order valence-corrected chi connectivity index (χ0v) is 3.46. The second-order valence-electron chi connectivity index (χ2n) is 1.36. The molecule has 7 heavy (non-hydrogen) atoms. The molecular formula is C4H2N2O. The van der Waals surface area contributed by atoms with Crippen LogP contribution in [0.1, 0.15) is 11.5 Å². The number of hydrogen-bond donors (Lipinski definition) is 0. The molecule has 0 saturated heterocycles. The van der Waals surface area contributed by atoms with Gasteiger partial charge >= 0.3 is 0 Å². The van der Waals surface area contributed by atoms with E-state index in [0.717, 1.165) is 11.5 Å². The van der Waals surface area contributed by atoms with Gasteiger partial charge in [0.25, 0.3) is 0 Å². The van der Waals surface area contributed by atoms with Crippen molar-refractivity contribution >= 4 is 12.2 Å². The largest absolute Gasteiger partial charge is 0.337 e. The smallest absolute Gasteiger partial charge is 0.187 e. The predicted octanol–water partition coefficient (Wildman–Crippen LogP) is 0.553. The van der Waals surface area contributed by atoms with Crippen LogP contribution in [-0.2, 0) is 0 Å². The molecule has 1 aliphatic rings. The lowest BCUT2D eigenvalue weighted by molar-refractivity contribution is 0.387. The first kappa shape index (κ1) is 2.96. The average molecular weight is 94.1 g/mol. The lowest BCUT2D eigenvalue weighted by atomic mass is 10.2.